The molecular weight excluding hydrogens is 388 g/mol. The number of nitrogens with zero attached hydrogens (tertiary/aromatic N) is 1. The number of aliphatic hydroxyl groups excluding tert-OH is 1. The number of nitrogens with one attached hydrogen (secondary N) is 1. The van der Waals surface area contributed by atoms with Crippen LogP contribution in [0.1, 0.15) is 11.1 Å². The van der Waals surface area contributed by atoms with Gasteiger partial charge >= 0.3 is 0 Å². The quantitative estimate of drug-likeness (QED) is 0.489. The van der Waals surface area contributed by atoms with Crippen LogP contribution in [0.5, 0.6) is 0 Å². The third-order valence-corrected chi connectivity index (χ3v) is 6.24. The van der Waals surface area contributed by atoms with Crippen molar-refractivity contribution < 1.29 is 9.84 Å². The molecule has 31 heavy (non-hydrogen) atoms. The summed E-state index contributed by atoms with van der Waals surface area (Å²) in [5.74, 6) is 0. The molecule has 0 spiro atoms. The average molecular weight is 415 g/mol. The predicted molar refractivity (Wildman–Crippen MR) is 124 cm³/mol. The van der Waals surface area contributed by atoms with Crippen LogP contribution in [-0.4, -0.2) is 47.8 Å². The highest BCUT2D eigenvalue weighted by Crippen LogP contribution is 2.31. The van der Waals surface area contributed by atoms with E-state index in [1.54, 1.807) is 6.20 Å². The normalized spacial score (nSPS) is 15.0. The highest BCUT2D eigenvalue weighted by Gasteiger charge is 2.12. The van der Waals surface area contributed by atoms with E-state index in [0.29, 0.717) is 5.39 Å². The second-order valence-corrected chi connectivity index (χ2v) is 8.13. The first-order chi connectivity index (χ1) is 15.2. The number of fused-ring (bicyclic) bond motifs is 3. The van der Waals surface area contributed by atoms with Gasteiger partial charge in [-0.2, -0.15) is 0 Å². The first-order valence-electron chi connectivity index (χ1n) is 10.8. The number of H-pyrrole nitrogens is 1. The van der Waals surface area contributed by atoms with Gasteiger partial charge in [-0.1, -0.05) is 36.4 Å². The minimum Gasteiger partial charge on any atom is -0.392 e. The summed E-state index contributed by atoms with van der Waals surface area (Å²) in [6.07, 6.45) is 2.68. The fraction of sp³-hybridized carbons (Fsp3) is 0.269. The first kappa shape index (κ1) is 19.9. The average Bonchev–Trinajstić information content (AvgIpc) is 2.83. The molecule has 0 bridgehead atoms. The summed E-state index contributed by atoms with van der Waals surface area (Å²) >= 11 is 0. The standard InChI is InChI=1S/C26H26N2O3/c29-17-22-15-21-7-9-27-26(30)25(21)24-16-20(5-6-23(22)24)19-3-1-18(2-4-19)8-10-28-11-13-31-14-12-28/h1-7,9,15-16,29H,8,10-14,17H2,(H,27,30). The molecule has 0 radical (unpaired) electrons. The lowest BCUT2D eigenvalue weighted by Crippen LogP contribution is -2.37. The Morgan fingerprint density at radius 1 is 0.935 bits per heavy atom. The summed E-state index contributed by atoms with van der Waals surface area (Å²) < 4.78 is 5.42. The molecule has 158 valence electrons. The zero-order chi connectivity index (χ0) is 21.2. The van der Waals surface area contributed by atoms with E-state index < -0.39 is 0 Å². The van der Waals surface area contributed by atoms with Crippen molar-refractivity contribution in [3.63, 3.8) is 0 Å². The molecule has 1 aromatic heterocycles. The molecule has 2 N–H and O–H groups in total. The van der Waals surface area contributed by atoms with E-state index in [-0.39, 0.29) is 12.2 Å². The lowest BCUT2D eigenvalue weighted by atomic mass is 9.94. The number of aromatic amines is 1. The van der Waals surface area contributed by atoms with Crippen molar-refractivity contribution in [2.45, 2.75) is 13.0 Å². The molecule has 0 amide bonds. The molecule has 1 aliphatic rings. The van der Waals surface area contributed by atoms with Gasteiger partial charge < -0.3 is 14.8 Å². The highest BCUT2D eigenvalue weighted by atomic mass is 16.5. The summed E-state index contributed by atoms with van der Waals surface area (Å²) in [5, 5.41) is 13.1. The van der Waals surface area contributed by atoms with E-state index in [9.17, 15) is 9.90 Å². The van der Waals surface area contributed by atoms with Crippen molar-refractivity contribution >= 4 is 21.5 Å². The summed E-state index contributed by atoms with van der Waals surface area (Å²) in [6.45, 7) is 4.68. The number of benzene rings is 3. The van der Waals surface area contributed by atoms with Crippen LogP contribution in [-0.2, 0) is 17.8 Å². The maximum atomic E-state index is 12.6. The molecular formula is C26H26N2O3. The summed E-state index contributed by atoms with van der Waals surface area (Å²) in [4.78, 5) is 17.8. The number of aromatic nitrogens is 1. The van der Waals surface area contributed by atoms with Gasteiger partial charge in [-0.05, 0) is 63.0 Å². The second kappa shape index (κ2) is 8.63. The summed E-state index contributed by atoms with van der Waals surface area (Å²) in [7, 11) is 0. The van der Waals surface area contributed by atoms with Crippen LogP contribution in [0.2, 0.25) is 0 Å². The fourth-order valence-corrected chi connectivity index (χ4v) is 4.47. The number of hydrogen-bond donors (Lipinski definition) is 2. The van der Waals surface area contributed by atoms with E-state index in [0.717, 1.165) is 72.1 Å². The molecule has 3 aromatic carbocycles. The fourth-order valence-electron chi connectivity index (χ4n) is 4.47. The lowest BCUT2D eigenvalue weighted by molar-refractivity contribution is 0.0384. The monoisotopic (exact) mass is 414 g/mol. The number of aliphatic hydroxyl groups is 1. The smallest absolute Gasteiger partial charge is 0.256 e. The van der Waals surface area contributed by atoms with Crippen LogP contribution < -0.4 is 5.56 Å². The minimum absolute atomic E-state index is 0.0591. The van der Waals surface area contributed by atoms with Gasteiger partial charge in [-0.25, -0.2) is 0 Å². The Hall–Kier alpha value is -2.99. The van der Waals surface area contributed by atoms with Crippen molar-refractivity contribution in [3.8, 4) is 11.1 Å². The first-order valence-corrected chi connectivity index (χ1v) is 10.8. The van der Waals surface area contributed by atoms with Crippen molar-refractivity contribution in [2.24, 2.45) is 0 Å². The van der Waals surface area contributed by atoms with Crippen LogP contribution in [0, 0.1) is 0 Å². The van der Waals surface area contributed by atoms with E-state index >= 15 is 0 Å². The van der Waals surface area contributed by atoms with Crippen molar-refractivity contribution in [3.05, 3.63) is 82.3 Å². The van der Waals surface area contributed by atoms with Gasteiger partial charge in [0.1, 0.15) is 0 Å². The van der Waals surface area contributed by atoms with Gasteiger partial charge in [0.2, 0.25) is 0 Å². The summed E-state index contributed by atoms with van der Waals surface area (Å²) in [6, 6.07) is 18.6. The van der Waals surface area contributed by atoms with Gasteiger partial charge in [-0.3, -0.25) is 9.69 Å². The third-order valence-electron chi connectivity index (χ3n) is 6.24. The molecule has 5 heteroatoms. The molecule has 5 rings (SSSR count). The molecule has 0 aliphatic carbocycles. The van der Waals surface area contributed by atoms with Crippen LogP contribution >= 0.6 is 0 Å². The highest BCUT2D eigenvalue weighted by molar-refractivity contribution is 6.09. The largest absolute Gasteiger partial charge is 0.392 e. The van der Waals surface area contributed by atoms with Crippen LogP contribution in [0.25, 0.3) is 32.7 Å². The Bertz CT molecular complexity index is 1270. The van der Waals surface area contributed by atoms with E-state index in [2.05, 4.69) is 46.3 Å². The van der Waals surface area contributed by atoms with E-state index in [1.807, 2.05) is 18.2 Å². The van der Waals surface area contributed by atoms with Crippen molar-refractivity contribution in [2.75, 3.05) is 32.8 Å². The molecule has 1 fully saturated rings. The zero-order valence-electron chi connectivity index (χ0n) is 17.4. The second-order valence-electron chi connectivity index (χ2n) is 8.13. The lowest BCUT2D eigenvalue weighted by Gasteiger charge is -2.26. The third kappa shape index (κ3) is 4.00. The van der Waals surface area contributed by atoms with Gasteiger partial charge in [0, 0.05) is 25.8 Å². The molecule has 0 saturated carbocycles. The molecule has 0 unspecified atom stereocenters. The molecule has 1 saturated heterocycles. The number of rotatable bonds is 5. The van der Waals surface area contributed by atoms with E-state index in [1.165, 1.54) is 5.56 Å². The van der Waals surface area contributed by atoms with Crippen LogP contribution in [0.3, 0.4) is 0 Å². The Balaban J connectivity index is 1.47. The Kier molecular flexibility index (Phi) is 5.55. The van der Waals surface area contributed by atoms with Crippen LogP contribution in [0.4, 0.5) is 0 Å². The molecule has 1 aliphatic heterocycles. The van der Waals surface area contributed by atoms with Crippen molar-refractivity contribution in [1.82, 2.24) is 9.88 Å². The van der Waals surface area contributed by atoms with Gasteiger partial charge in [-0.15, -0.1) is 0 Å². The molecule has 2 heterocycles. The maximum absolute atomic E-state index is 12.6. The number of pyridine rings is 1. The van der Waals surface area contributed by atoms with Gasteiger partial charge in [0.15, 0.2) is 0 Å². The minimum atomic E-state index is -0.109. The Labute approximate surface area is 180 Å². The topological polar surface area (TPSA) is 65.6 Å². The van der Waals surface area contributed by atoms with Crippen molar-refractivity contribution in [1.29, 1.82) is 0 Å². The SMILES string of the molecule is O=c1[nH]ccc2cc(CO)c3ccc(-c4ccc(CCN5CCOCC5)cc4)cc3c12. The molecule has 0 atom stereocenters. The Morgan fingerprint density at radius 2 is 1.71 bits per heavy atom. The molecule has 5 nitrogen and oxygen atoms in total. The number of ether oxygens (including phenoxy) is 1. The van der Waals surface area contributed by atoms with E-state index in [4.69, 9.17) is 4.74 Å². The Morgan fingerprint density at radius 3 is 2.48 bits per heavy atom. The predicted octanol–water partition coefficient (Wildman–Crippen LogP) is 3.72. The van der Waals surface area contributed by atoms with Gasteiger partial charge in [0.25, 0.3) is 5.56 Å². The van der Waals surface area contributed by atoms with Crippen LogP contribution in [0.15, 0.2) is 65.6 Å². The zero-order valence-corrected chi connectivity index (χ0v) is 17.4. The summed E-state index contributed by atoms with van der Waals surface area (Å²) in [5.41, 5.74) is 4.22. The van der Waals surface area contributed by atoms with Gasteiger partial charge in [0.05, 0.1) is 25.2 Å². The number of hydrogen-bond acceptors (Lipinski definition) is 4. The number of morpholine rings is 1. The molecule has 4 aromatic rings. The maximum Gasteiger partial charge on any atom is 0.256 e.